The van der Waals surface area contributed by atoms with Gasteiger partial charge in [-0.25, -0.2) is 9.59 Å². The second-order valence-electron chi connectivity index (χ2n) is 4.97. The molecule has 0 amide bonds. The van der Waals surface area contributed by atoms with Gasteiger partial charge in [0.25, 0.3) is 0 Å². The van der Waals surface area contributed by atoms with Crippen molar-refractivity contribution in [3.05, 3.63) is 65.9 Å². The number of esters is 2. The fourth-order valence-corrected chi connectivity index (χ4v) is 2.10. The van der Waals surface area contributed by atoms with Crippen molar-refractivity contribution in [1.82, 2.24) is 0 Å². The lowest BCUT2D eigenvalue weighted by Crippen LogP contribution is -2.15. The van der Waals surface area contributed by atoms with Crippen molar-refractivity contribution in [3.8, 4) is 17.2 Å². The zero-order valence-corrected chi connectivity index (χ0v) is 13.8. The van der Waals surface area contributed by atoms with E-state index in [0.29, 0.717) is 11.3 Å². The average molecular weight is 336 g/mol. The summed E-state index contributed by atoms with van der Waals surface area (Å²) in [7, 11) is 2.45. The number of methoxy groups -OCH3 is 2. The van der Waals surface area contributed by atoms with Crippen LogP contribution in [0.15, 0.2) is 60.3 Å². The number of hydrogen-bond donors (Lipinski definition) is 1. The largest absolute Gasteiger partial charge is 0.466 e. The van der Waals surface area contributed by atoms with Crippen molar-refractivity contribution in [2.45, 2.75) is 0 Å². The van der Waals surface area contributed by atoms with Gasteiger partial charge >= 0.3 is 11.9 Å². The van der Waals surface area contributed by atoms with Gasteiger partial charge < -0.3 is 14.8 Å². The van der Waals surface area contributed by atoms with E-state index < -0.39 is 11.9 Å². The Morgan fingerprint density at radius 3 is 2.36 bits per heavy atom. The quantitative estimate of drug-likeness (QED) is 0.667. The van der Waals surface area contributed by atoms with Crippen LogP contribution in [0.5, 0.6) is 0 Å². The van der Waals surface area contributed by atoms with Crippen LogP contribution in [0.2, 0.25) is 0 Å². The summed E-state index contributed by atoms with van der Waals surface area (Å²) in [4.78, 5) is 23.2. The molecule has 6 heteroatoms. The van der Waals surface area contributed by atoms with Crippen molar-refractivity contribution in [2.75, 3.05) is 19.5 Å². The second-order valence-corrected chi connectivity index (χ2v) is 4.97. The number of rotatable bonds is 5. The van der Waals surface area contributed by atoms with E-state index in [-0.39, 0.29) is 5.70 Å². The molecule has 2 rings (SSSR count). The maximum Gasteiger partial charge on any atom is 0.354 e. The number of nitriles is 1. The van der Waals surface area contributed by atoms with Crippen molar-refractivity contribution in [2.24, 2.45) is 0 Å². The number of benzene rings is 2. The molecule has 0 atom stereocenters. The summed E-state index contributed by atoms with van der Waals surface area (Å²) in [6.45, 7) is 0. The molecule has 0 unspecified atom stereocenters. The van der Waals surface area contributed by atoms with E-state index in [0.717, 1.165) is 17.2 Å². The van der Waals surface area contributed by atoms with Crippen molar-refractivity contribution in [1.29, 1.82) is 5.26 Å². The van der Waals surface area contributed by atoms with Gasteiger partial charge in [0.1, 0.15) is 5.70 Å². The Balaban J connectivity index is 2.30. The molecule has 0 saturated heterocycles. The first-order valence-electron chi connectivity index (χ1n) is 7.33. The summed E-state index contributed by atoms with van der Waals surface area (Å²) in [6.07, 6.45) is 1.03. The van der Waals surface area contributed by atoms with Gasteiger partial charge in [-0.05, 0) is 35.4 Å². The maximum atomic E-state index is 11.8. The highest BCUT2D eigenvalue weighted by atomic mass is 16.5. The van der Waals surface area contributed by atoms with Crippen molar-refractivity contribution >= 4 is 17.6 Å². The first-order chi connectivity index (χ1) is 12.1. The molecule has 0 heterocycles. The molecular formula is C19H16N2O4. The van der Waals surface area contributed by atoms with Gasteiger partial charge in [-0.3, -0.25) is 0 Å². The Labute approximate surface area is 145 Å². The molecule has 25 heavy (non-hydrogen) atoms. The topological polar surface area (TPSA) is 88.4 Å². The summed E-state index contributed by atoms with van der Waals surface area (Å²) in [6, 6.07) is 16.5. The minimum atomic E-state index is -0.686. The van der Waals surface area contributed by atoms with Gasteiger partial charge in [0.15, 0.2) is 0 Å². The van der Waals surface area contributed by atoms with Gasteiger partial charge in [0, 0.05) is 5.69 Å². The lowest BCUT2D eigenvalue weighted by Gasteiger charge is -2.10. The summed E-state index contributed by atoms with van der Waals surface area (Å²) in [5, 5.41) is 11.7. The average Bonchev–Trinajstić information content (AvgIpc) is 2.67. The van der Waals surface area contributed by atoms with Gasteiger partial charge in [-0.2, -0.15) is 5.26 Å². The normalized spacial score (nSPS) is 10.5. The predicted molar refractivity (Wildman–Crippen MR) is 92.3 cm³/mol. The Morgan fingerprint density at radius 1 is 1.04 bits per heavy atom. The Kier molecular flexibility index (Phi) is 5.91. The maximum absolute atomic E-state index is 11.8. The number of nitrogens with zero attached hydrogens (tertiary/aromatic N) is 1. The third-order valence-corrected chi connectivity index (χ3v) is 3.36. The van der Waals surface area contributed by atoms with Crippen LogP contribution in [0.25, 0.3) is 11.1 Å². The van der Waals surface area contributed by atoms with Gasteiger partial charge in [0.05, 0.1) is 31.9 Å². The third-order valence-electron chi connectivity index (χ3n) is 3.36. The van der Waals surface area contributed by atoms with Crippen LogP contribution in [0.1, 0.15) is 5.56 Å². The molecule has 2 aromatic rings. The standard InChI is InChI=1S/C19H16N2O4/c1-24-18(22)11-17(19(23)25-2)21-16-5-3-4-15(10-16)14-8-6-13(12-20)7-9-14/h3-11,21H,1-2H3/b17-11+. The first kappa shape index (κ1) is 17.8. The van der Waals surface area contributed by atoms with Crippen LogP contribution in [0.4, 0.5) is 5.69 Å². The van der Waals surface area contributed by atoms with Crippen LogP contribution in [0.3, 0.4) is 0 Å². The van der Waals surface area contributed by atoms with E-state index in [2.05, 4.69) is 20.9 Å². The van der Waals surface area contributed by atoms with Gasteiger partial charge in [-0.15, -0.1) is 0 Å². The Morgan fingerprint density at radius 2 is 1.76 bits per heavy atom. The third kappa shape index (κ3) is 4.69. The molecule has 0 aliphatic heterocycles. The monoisotopic (exact) mass is 336 g/mol. The summed E-state index contributed by atoms with van der Waals surface area (Å²) in [5.74, 6) is -1.36. The molecule has 0 spiro atoms. The molecule has 0 saturated carbocycles. The lowest BCUT2D eigenvalue weighted by atomic mass is 10.0. The van der Waals surface area contributed by atoms with Crippen LogP contribution in [-0.2, 0) is 19.1 Å². The van der Waals surface area contributed by atoms with Crippen molar-refractivity contribution in [3.63, 3.8) is 0 Å². The SMILES string of the molecule is COC(=O)/C=C(/Nc1cccc(-c2ccc(C#N)cc2)c1)C(=O)OC. The zero-order chi connectivity index (χ0) is 18.2. The summed E-state index contributed by atoms with van der Waals surface area (Å²) >= 11 is 0. The Bertz CT molecular complexity index is 848. The van der Waals surface area contributed by atoms with Crippen molar-refractivity contribution < 1.29 is 19.1 Å². The number of carbonyl (C=O) groups excluding carboxylic acids is 2. The molecule has 0 aliphatic rings. The lowest BCUT2D eigenvalue weighted by molar-refractivity contribution is -0.138. The summed E-state index contributed by atoms with van der Waals surface area (Å²) < 4.78 is 9.20. The molecule has 0 fully saturated rings. The highest BCUT2D eigenvalue weighted by molar-refractivity contribution is 5.98. The van der Waals surface area contributed by atoms with E-state index >= 15 is 0 Å². The number of anilines is 1. The smallest absolute Gasteiger partial charge is 0.354 e. The first-order valence-corrected chi connectivity index (χ1v) is 7.33. The highest BCUT2D eigenvalue weighted by Crippen LogP contribution is 2.24. The molecule has 1 N–H and O–H groups in total. The van der Waals surface area contributed by atoms with Crippen LogP contribution in [-0.4, -0.2) is 26.2 Å². The highest BCUT2D eigenvalue weighted by Gasteiger charge is 2.13. The van der Waals surface area contributed by atoms with E-state index in [1.165, 1.54) is 14.2 Å². The van der Waals surface area contributed by atoms with Crippen LogP contribution < -0.4 is 5.32 Å². The van der Waals surface area contributed by atoms with Gasteiger partial charge in [-0.1, -0.05) is 24.3 Å². The fourth-order valence-electron chi connectivity index (χ4n) is 2.10. The minimum Gasteiger partial charge on any atom is -0.466 e. The van der Waals surface area contributed by atoms with Crippen LogP contribution >= 0.6 is 0 Å². The number of ether oxygens (including phenoxy) is 2. The minimum absolute atomic E-state index is 0.0358. The molecule has 126 valence electrons. The Hall–Kier alpha value is -3.59. The van der Waals surface area contributed by atoms with E-state index in [1.54, 1.807) is 18.2 Å². The van der Waals surface area contributed by atoms with Gasteiger partial charge in [0.2, 0.25) is 0 Å². The van der Waals surface area contributed by atoms with E-state index in [4.69, 9.17) is 5.26 Å². The van der Waals surface area contributed by atoms with E-state index in [9.17, 15) is 9.59 Å². The molecule has 0 radical (unpaired) electrons. The number of hydrogen-bond acceptors (Lipinski definition) is 6. The molecule has 0 bridgehead atoms. The molecule has 6 nitrogen and oxygen atoms in total. The van der Waals surface area contributed by atoms with E-state index in [1.807, 2.05) is 30.3 Å². The predicted octanol–water partition coefficient (Wildman–Crippen LogP) is 2.87. The summed E-state index contributed by atoms with van der Waals surface area (Å²) in [5.41, 5.74) is 2.94. The fraction of sp³-hybridized carbons (Fsp3) is 0.105. The van der Waals surface area contributed by atoms with Crippen LogP contribution in [0, 0.1) is 11.3 Å². The zero-order valence-electron chi connectivity index (χ0n) is 13.8. The number of nitrogens with one attached hydrogen (secondary N) is 1. The second kappa shape index (κ2) is 8.31. The molecule has 0 aliphatic carbocycles. The number of carbonyl (C=O) groups is 2. The molecular weight excluding hydrogens is 320 g/mol. The molecule has 2 aromatic carbocycles. The molecule has 0 aromatic heterocycles.